The molecule has 1 saturated heterocycles. The number of thioether (sulfide) groups is 1. The second-order valence-corrected chi connectivity index (χ2v) is 5.14. The molecule has 0 aromatic carbocycles. The standard InChI is InChI=1S/C12H16N4OS/c1-8-6-16(7-9(2)17-8)11-10(4-13)5-14-12(15-11)18-3/h5,8-9H,6-7H2,1-3H3. The van der Waals surface area contributed by atoms with E-state index in [1.54, 1.807) is 6.20 Å². The Morgan fingerprint density at radius 2 is 2.11 bits per heavy atom. The summed E-state index contributed by atoms with van der Waals surface area (Å²) in [7, 11) is 0. The average Bonchev–Trinajstić information content (AvgIpc) is 2.36. The van der Waals surface area contributed by atoms with Crippen LogP contribution in [0.3, 0.4) is 0 Å². The van der Waals surface area contributed by atoms with Crippen LogP contribution in [0.2, 0.25) is 0 Å². The first-order valence-corrected chi connectivity index (χ1v) is 7.08. The van der Waals surface area contributed by atoms with Gasteiger partial charge in [-0.1, -0.05) is 11.8 Å². The molecule has 1 aromatic heterocycles. The highest BCUT2D eigenvalue weighted by Gasteiger charge is 2.25. The third-order valence-electron chi connectivity index (χ3n) is 2.77. The molecule has 0 N–H and O–H groups in total. The number of aromatic nitrogens is 2. The van der Waals surface area contributed by atoms with Crippen molar-refractivity contribution in [1.82, 2.24) is 9.97 Å². The van der Waals surface area contributed by atoms with Gasteiger partial charge in [0.2, 0.25) is 0 Å². The van der Waals surface area contributed by atoms with Crippen LogP contribution >= 0.6 is 11.8 Å². The maximum atomic E-state index is 9.15. The van der Waals surface area contributed by atoms with E-state index in [4.69, 9.17) is 10.00 Å². The lowest BCUT2D eigenvalue weighted by Crippen LogP contribution is -2.46. The van der Waals surface area contributed by atoms with Crippen molar-refractivity contribution >= 4 is 17.6 Å². The van der Waals surface area contributed by atoms with Crippen LogP contribution < -0.4 is 4.90 Å². The summed E-state index contributed by atoms with van der Waals surface area (Å²) in [4.78, 5) is 10.7. The molecule has 1 fully saturated rings. The minimum atomic E-state index is 0.146. The summed E-state index contributed by atoms with van der Waals surface area (Å²) in [5.41, 5.74) is 0.522. The lowest BCUT2D eigenvalue weighted by atomic mass is 10.2. The van der Waals surface area contributed by atoms with E-state index in [-0.39, 0.29) is 12.2 Å². The minimum absolute atomic E-state index is 0.146. The number of morpholine rings is 1. The highest BCUT2D eigenvalue weighted by atomic mass is 32.2. The average molecular weight is 264 g/mol. The van der Waals surface area contributed by atoms with E-state index in [1.165, 1.54) is 11.8 Å². The summed E-state index contributed by atoms with van der Waals surface area (Å²) in [6.07, 6.45) is 3.82. The first-order valence-electron chi connectivity index (χ1n) is 5.85. The molecular formula is C12H16N4OS. The van der Waals surface area contributed by atoms with Gasteiger partial charge in [0.1, 0.15) is 11.6 Å². The van der Waals surface area contributed by atoms with Crippen molar-refractivity contribution < 1.29 is 4.74 Å². The van der Waals surface area contributed by atoms with Crippen molar-refractivity contribution in [3.05, 3.63) is 11.8 Å². The molecule has 0 radical (unpaired) electrons. The predicted octanol–water partition coefficient (Wildman–Crippen LogP) is 1.68. The van der Waals surface area contributed by atoms with Gasteiger partial charge < -0.3 is 9.64 Å². The van der Waals surface area contributed by atoms with E-state index < -0.39 is 0 Å². The Hall–Kier alpha value is -1.32. The van der Waals surface area contributed by atoms with E-state index in [0.717, 1.165) is 18.9 Å². The molecular weight excluding hydrogens is 248 g/mol. The van der Waals surface area contributed by atoms with Crippen LogP contribution in [0.15, 0.2) is 11.4 Å². The van der Waals surface area contributed by atoms with Crippen LogP contribution in [-0.2, 0) is 4.74 Å². The zero-order valence-corrected chi connectivity index (χ0v) is 11.6. The lowest BCUT2D eigenvalue weighted by molar-refractivity contribution is -0.00551. The molecule has 0 bridgehead atoms. The Balaban J connectivity index is 2.33. The van der Waals surface area contributed by atoms with Gasteiger partial charge in [-0.15, -0.1) is 0 Å². The second kappa shape index (κ2) is 5.55. The molecule has 2 heterocycles. The van der Waals surface area contributed by atoms with E-state index in [2.05, 4.69) is 20.9 Å². The molecule has 1 aliphatic heterocycles. The predicted molar refractivity (Wildman–Crippen MR) is 70.8 cm³/mol. The quantitative estimate of drug-likeness (QED) is 0.598. The van der Waals surface area contributed by atoms with Gasteiger partial charge in [-0.05, 0) is 20.1 Å². The fraction of sp³-hybridized carbons (Fsp3) is 0.583. The molecule has 6 heteroatoms. The van der Waals surface area contributed by atoms with Crippen molar-refractivity contribution in [2.75, 3.05) is 24.2 Å². The Labute approximate surface area is 111 Å². The number of hydrogen-bond acceptors (Lipinski definition) is 6. The normalized spacial score (nSPS) is 23.8. The molecule has 2 unspecified atom stereocenters. The summed E-state index contributed by atoms with van der Waals surface area (Å²) in [5, 5.41) is 9.84. The van der Waals surface area contributed by atoms with Gasteiger partial charge >= 0.3 is 0 Å². The number of ether oxygens (including phenoxy) is 1. The van der Waals surface area contributed by atoms with Crippen molar-refractivity contribution in [2.45, 2.75) is 31.2 Å². The van der Waals surface area contributed by atoms with Crippen molar-refractivity contribution in [3.8, 4) is 6.07 Å². The first-order chi connectivity index (χ1) is 8.63. The summed E-state index contributed by atoms with van der Waals surface area (Å²) >= 11 is 1.48. The Kier molecular flexibility index (Phi) is 4.04. The molecule has 1 aromatic rings. The third-order valence-corrected chi connectivity index (χ3v) is 3.33. The van der Waals surface area contributed by atoms with Crippen molar-refractivity contribution in [2.24, 2.45) is 0 Å². The zero-order chi connectivity index (χ0) is 13.1. The zero-order valence-electron chi connectivity index (χ0n) is 10.8. The van der Waals surface area contributed by atoms with Crippen LogP contribution in [0.1, 0.15) is 19.4 Å². The smallest absolute Gasteiger partial charge is 0.189 e. The molecule has 5 nitrogen and oxygen atoms in total. The van der Waals surface area contributed by atoms with Crippen molar-refractivity contribution in [3.63, 3.8) is 0 Å². The van der Waals surface area contributed by atoms with Gasteiger partial charge in [0.25, 0.3) is 0 Å². The van der Waals surface area contributed by atoms with E-state index >= 15 is 0 Å². The first kappa shape index (κ1) is 13.1. The number of anilines is 1. The number of rotatable bonds is 2. The maximum absolute atomic E-state index is 9.15. The fourth-order valence-corrected chi connectivity index (χ4v) is 2.46. The summed E-state index contributed by atoms with van der Waals surface area (Å²) in [5.74, 6) is 0.721. The van der Waals surface area contributed by atoms with Gasteiger partial charge in [0.05, 0.1) is 18.4 Å². The second-order valence-electron chi connectivity index (χ2n) is 4.37. The Bertz CT molecular complexity index is 464. The third kappa shape index (κ3) is 2.74. The number of nitrogens with zero attached hydrogens (tertiary/aromatic N) is 4. The molecule has 96 valence electrons. The van der Waals surface area contributed by atoms with E-state index in [1.807, 2.05) is 20.1 Å². The van der Waals surface area contributed by atoms with E-state index in [9.17, 15) is 0 Å². The van der Waals surface area contributed by atoms with Gasteiger partial charge in [-0.2, -0.15) is 5.26 Å². The molecule has 0 aliphatic carbocycles. The highest BCUT2D eigenvalue weighted by Crippen LogP contribution is 2.23. The monoisotopic (exact) mass is 264 g/mol. The largest absolute Gasteiger partial charge is 0.372 e. The molecule has 1 aliphatic rings. The van der Waals surface area contributed by atoms with Crippen LogP contribution in [0.25, 0.3) is 0 Å². The number of nitriles is 1. The van der Waals surface area contributed by atoms with Crippen LogP contribution in [0.4, 0.5) is 5.82 Å². The van der Waals surface area contributed by atoms with Crippen LogP contribution in [0, 0.1) is 11.3 Å². The van der Waals surface area contributed by atoms with Crippen molar-refractivity contribution in [1.29, 1.82) is 5.26 Å². The van der Waals surface area contributed by atoms with Crippen LogP contribution in [0.5, 0.6) is 0 Å². The number of hydrogen-bond donors (Lipinski definition) is 0. The van der Waals surface area contributed by atoms with Crippen LogP contribution in [-0.4, -0.2) is 41.5 Å². The lowest BCUT2D eigenvalue weighted by Gasteiger charge is -2.36. The minimum Gasteiger partial charge on any atom is -0.372 e. The molecule has 0 saturated carbocycles. The maximum Gasteiger partial charge on any atom is 0.189 e. The Morgan fingerprint density at radius 1 is 1.44 bits per heavy atom. The topological polar surface area (TPSA) is 62.0 Å². The van der Waals surface area contributed by atoms with Gasteiger partial charge in [0, 0.05) is 13.1 Å². The highest BCUT2D eigenvalue weighted by molar-refractivity contribution is 7.98. The Morgan fingerprint density at radius 3 is 2.67 bits per heavy atom. The molecule has 18 heavy (non-hydrogen) atoms. The van der Waals surface area contributed by atoms with E-state index in [0.29, 0.717) is 10.7 Å². The fourth-order valence-electron chi connectivity index (χ4n) is 2.13. The molecule has 0 spiro atoms. The van der Waals surface area contributed by atoms with Gasteiger partial charge in [-0.25, -0.2) is 9.97 Å². The SMILES string of the molecule is CSc1ncc(C#N)c(N2CC(C)OC(C)C2)n1. The summed E-state index contributed by atoms with van der Waals surface area (Å²) in [6.45, 7) is 5.57. The van der Waals surface area contributed by atoms with Gasteiger partial charge in [-0.3, -0.25) is 0 Å². The molecule has 2 rings (SSSR count). The van der Waals surface area contributed by atoms with Gasteiger partial charge in [0.15, 0.2) is 11.0 Å². The molecule has 0 amide bonds. The summed E-state index contributed by atoms with van der Waals surface area (Å²) < 4.78 is 5.69. The molecule has 2 atom stereocenters. The summed E-state index contributed by atoms with van der Waals surface area (Å²) in [6, 6.07) is 2.16.